The van der Waals surface area contributed by atoms with Crippen LogP contribution in [0.2, 0.25) is 10.0 Å². The Balaban J connectivity index is 1.55. The Morgan fingerprint density at radius 3 is 2.35 bits per heavy atom. The predicted molar refractivity (Wildman–Crippen MR) is 156 cm³/mol. The summed E-state index contributed by atoms with van der Waals surface area (Å²) < 4.78 is 8.11. The van der Waals surface area contributed by atoms with Crippen LogP contribution in [0.25, 0.3) is 11.8 Å². The minimum Gasteiger partial charge on any atom is -0.489 e. The average Bonchev–Trinajstić information content (AvgIpc) is 3.27. The van der Waals surface area contributed by atoms with Gasteiger partial charge < -0.3 is 9.30 Å². The molecule has 37 heavy (non-hydrogen) atoms. The van der Waals surface area contributed by atoms with E-state index < -0.39 is 0 Å². The summed E-state index contributed by atoms with van der Waals surface area (Å²) in [6.07, 6.45) is 1.98. The molecule has 194 valence electrons. The number of amides is 1. The van der Waals surface area contributed by atoms with Crippen LogP contribution in [0.3, 0.4) is 0 Å². The van der Waals surface area contributed by atoms with Crippen LogP contribution in [0.15, 0.2) is 58.4 Å². The van der Waals surface area contributed by atoms with Crippen molar-refractivity contribution < 1.29 is 9.53 Å². The topological polar surface area (TPSA) is 46.8 Å². The maximum absolute atomic E-state index is 13.2. The summed E-state index contributed by atoms with van der Waals surface area (Å²) in [6.45, 7) is 12.6. The molecular formula is C29H31Cl2N3O2S. The van der Waals surface area contributed by atoms with Gasteiger partial charge in [0.2, 0.25) is 0 Å². The molecular weight excluding hydrogens is 525 g/mol. The Morgan fingerprint density at radius 2 is 1.73 bits per heavy atom. The lowest BCUT2D eigenvalue weighted by Crippen LogP contribution is -2.35. The van der Waals surface area contributed by atoms with Crippen molar-refractivity contribution in [3.63, 3.8) is 0 Å². The molecule has 0 aliphatic carbocycles. The number of amidine groups is 1. The van der Waals surface area contributed by atoms with E-state index in [0.29, 0.717) is 21.6 Å². The highest BCUT2D eigenvalue weighted by atomic mass is 35.5. The van der Waals surface area contributed by atoms with E-state index in [2.05, 4.69) is 29.5 Å². The van der Waals surface area contributed by atoms with Gasteiger partial charge in [-0.25, -0.2) is 0 Å². The van der Waals surface area contributed by atoms with Crippen LogP contribution in [0.4, 0.5) is 0 Å². The van der Waals surface area contributed by atoms with Gasteiger partial charge in [-0.2, -0.15) is 0 Å². The average molecular weight is 557 g/mol. The van der Waals surface area contributed by atoms with E-state index in [1.807, 2.05) is 64.1 Å². The molecule has 2 aromatic carbocycles. The van der Waals surface area contributed by atoms with Crippen molar-refractivity contribution in [2.45, 2.75) is 60.2 Å². The van der Waals surface area contributed by atoms with Crippen molar-refractivity contribution in [2.75, 3.05) is 0 Å². The fourth-order valence-corrected chi connectivity index (χ4v) is 5.90. The van der Waals surface area contributed by atoms with Gasteiger partial charge >= 0.3 is 0 Å². The van der Waals surface area contributed by atoms with E-state index in [9.17, 15) is 4.79 Å². The SMILES string of the molecule is Cc1cc(/C=C2/SC(=NC(C)C)N(C(C)C)C2=O)c(C)n1-c1ccc(OCc2ccc(Cl)cc2Cl)cc1. The smallest absolute Gasteiger partial charge is 0.266 e. The van der Waals surface area contributed by atoms with E-state index in [4.69, 9.17) is 27.9 Å². The molecule has 4 rings (SSSR count). The zero-order valence-corrected chi connectivity index (χ0v) is 24.2. The first kappa shape index (κ1) is 27.4. The van der Waals surface area contributed by atoms with Crippen molar-refractivity contribution in [1.29, 1.82) is 0 Å². The highest BCUT2D eigenvalue weighted by Gasteiger charge is 2.35. The third kappa shape index (κ3) is 6.08. The van der Waals surface area contributed by atoms with Crippen LogP contribution < -0.4 is 4.74 Å². The summed E-state index contributed by atoms with van der Waals surface area (Å²) in [6, 6.07) is 15.6. The highest BCUT2D eigenvalue weighted by Crippen LogP contribution is 2.35. The molecule has 1 aromatic heterocycles. The summed E-state index contributed by atoms with van der Waals surface area (Å²) >= 11 is 13.7. The quantitative estimate of drug-likeness (QED) is 0.277. The van der Waals surface area contributed by atoms with E-state index in [1.165, 1.54) is 11.8 Å². The molecule has 0 spiro atoms. The van der Waals surface area contributed by atoms with Gasteiger partial charge in [-0.1, -0.05) is 29.3 Å². The van der Waals surface area contributed by atoms with Crippen LogP contribution in [-0.4, -0.2) is 32.6 Å². The van der Waals surface area contributed by atoms with Gasteiger partial charge in [0.15, 0.2) is 5.17 Å². The van der Waals surface area contributed by atoms with E-state index in [-0.39, 0.29) is 18.0 Å². The number of ether oxygens (including phenoxy) is 1. The first-order valence-corrected chi connectivity index (χ1v) is 13.8. The third-order valence-electron chi connectivity index (χ3n) is 5.98. The molecule has 1 saturated heterocycles. The first-order valence-electron chi connectivity index (χ1n) is 12.2. The van der Waals surface area contributed by atoms with Crippen LogP contribution in [0.1, 0.15) is 50.2 Å². The number of thioether (sulfide) groups is 1. The number of nitrogens with zero attached hydrogens (tertiary/aromatic N) is 3. The van der Waals surface area contributed by atoms with Gasteiger partial charge in [0.05, 0.1) is 4.91 Å². The zero-order valence-electron chi connectivity index (χ0n) is 21.9. The second-order valence-electron chi connectivity index (χ2n) is 9.57. The molecule has 0 N–H and O–H groups in total. The number of carbonyl (C=O) groups is 1. The molecule has 0 bridgehead atoms. The number of carbonyl (C=O) groups excluding carboxylic acids is 1. The summed E-state index contributed by atoms with van der Waals surface area (Å²) in [5.74, 6) is 0.754. The number of hydrogen-bond acceptors (Lipinski definition) is 4. The van der Waals surface area contributed by atoms with Crippen molar-refractivity contribution in [1.82, 2.24) is 9.47 Å². The molecule has 0 radical (unpaired) electrons. The first-order chi connectivity index (χ1) is 17.5. The van der Waals surface area contributed by atoms with Gasteiger partial charge in [0.25, 0.3) is 5.91 Å². The number of aromatic nitrogens is 1. The molecule has 1 aliphatic rings. The monoisotopic (exact) mass is 555 g/mol. The van der Waals surface area contributed by atoms with Crippen LogP contribution in [-0.2, 0) is 11.4 Å². The van der Waals surface area contributed by atoms with E-state index >= 15 is 0 Å². The lowest BCUT2D eigenvalue weighted by Gasteiger charge is -2.20. The molecule has 1 aliphatic heterocycles. The van der Waals surface area contributed by atoms with Gasteiger partial charge in [-0.05, 0) is 107 Å². The van der Waals surface area contributed by atoms with Crippen molar-refractivity contribution >= 4 is 52.1 Å². The zero-order chi connectivity index (χ0) is 26.9. The maximum Gasteiger partial charge on any atom is 0.266 e. The Bertz CT molecular complexity index is 1370. The van der Waals surface area contributed by atoms with Crippen molar-refractivity contribution in [3.05, 3.63) is 86.0 Å². The number of rotatable bonds is 7. The molecule has 2 heterocycles. The Kier molecular flexibility index (Phi) is 8.42. The third-order valence-corrected chi connectivity index (χ3v) is 7.57. The van der Waals surface area contributed by atoms with Crippen LogP contribution in [0.5, 0.6) is 5.75 Å². The summed E-state index contributed by atoms with van der Waals surface area (Å²) in [5, 5.41) is 1.95. The Hall–Kier alpha value is -2.67. The Morgan fingerprint density at radius 1 is 1.03 bits per heavy atom. The van der Waals surface area contributed by atoms with Gasteiger partial charge in [0.1, 0.15) is 12.4 Å². The molecule has 3 aromatic rings. The lowest BCUT2D eigenvalue weighted by molar-refractivity contribution is -0.123. The fourth-order valence-electron chi connectivity index (χ4n) is 4.22. The van der Waals surface area contributed by atoms with Gasteiger partial charge in [-0.3, -0.25) is 14.7 Å². The predicted octanol–water partition coefficient (Wildman–Crippen LogP) is 8.07. The summed E-state index contributed by atoms with van der Waals surface area (Å²) in [7, 11) is 0. The van der Waals surface area contributed by atoms with Crippen molar-refractivity contribution in [3.8, 4) is 11.4 Å². The minimum atomic E-state index is 0.00601. The van der Waals surface area contributed by atoms with Gasteiger partial charge in [-0.15, -0.1) is 0 Å². The Labute approximate surface area is 233 Å². The molecule has 1 fully saturated rings. The molecule has 0 unspecified atom stereocenters. The molecule has 8 heteroatoms. The number of aryl methyl sites for hydroxylation is 1. The van der Waals surface area contributed by atoms with Crippen molar-refractivity contribution in [2.24, 2.45) is 4.99 Å². The normalized spacial score (nSPS) is 16.2. The number of aliphatic imine (C=N–C) groups is 1. The lowest BCUT2D eigenvalue weighted by atomic mass is 10.2. The minimum absolute atomic E-state index is 0.00601. The fraction of sp³-hybridized carbons (Fsp3) is 0.310. The van der Waals surface area contributed by atoms with E-state index in [1.54, 1.807) is 17.0 Å². The molecule has 1 amide bonds. The highest BCUT2D eigenvalue weighted by molar-refractivity contribution is 8.18. The largest absolute Gasteiger partial charge is 0.489 e. The number of hydrogen-bond donors (Lipinski definition) is 0. The molecule has 5 nitrogen and oxygen atoms in total. The van der Waals surface area contributed by atoms with Crippen LogP contribution in [0, 0.1) is 13.8 Å². The second-order valence-corrected chi connectivity index (χ2v) is 11.4. The number of halogens is 2. The summed E-state index contributed by atoms with van der Waals surface area (Å²) in [5.41, 5.74) is 5.05. The number of benzene rings is 2. The van der Waals surface area contributed by atoms with Gasteiger partial charge in [0, 0.05) is 44.8 Å². The summed E-state index contributed by atoms with van der Waals surface area (Å²) in [4.78, 5) is 20.3. The standard InChI is InChI=1S/C29H31Cl2N3O2S/c1-17(2)32-29-33(18(3)4)28(35)27(37-29)14-22-13-19(5)34(20(22)6)24-9-11-25(12-10-24)36-16-21-7-8-23(30)15-26(21)31/h7-15,17-18H,16H2,1-6H3/b27-14+,32-29?. The maximum atomic E-state index is 13.2. The van der Waals surface area contributed by atoms with Crippen LogP contribution >= 0.6 is 35.0 Å². The van der Waals surface area contributed by atoms with E-state index in [0.717, 1.165) is 39.1 Å². The second kappa shape index (κ2) is 11.4. The molecule has 0 saturated carbocycles. The molecule has 0 atom stereocenters.